The smallest absolute Gasteiger partial charge is 0.268 e. The van der Waals surface area contributed by atoms with Crippen LogP contribution in [0.2, 0.25) is 0 Å². The molecule has 5 rings (SSSR count). The van der Waals surface area contributed by atoms with E-state index in [0.717, 1.165) is 31.6 Å². The van der Waals surface area contributed by atoms with Crippen LogP contribution in [-0.2, 0) is 7.05 Å². The van der Waals surface area contributed by atoms with Gasteiger partial charge in [-0.3, -0.25) is 9.69 Å². The maximum absolute atomic E-state index is 13.4. The van der Waals surface area contributed by atoms with Crippen LogP contribution in [0.4, 0.5) is 4.39 Å². The fraction of sp³-hybridized carbons (Fsp3) is 0.474. The maximum atomic E-state index is 13.4. The number of nitrogens with zero attached hydrogens (tertiary/aromatic N) is 3. The van der Waals surface area contributed by atoms with Gasteiger partial charge in [0.2, 0.25) is 5.95 Å². The minimum Gasteiger partial charge on any atom is -0.346 e. The van der Waals surface area contributed by atoms with Gasteiger partial charge in [-0.1, -0.05) is 6.07 Å². The van der Waals surface area contributed by atoms with Gasteiger partial charge in [0.1, 0.15) is 5.69 Å². The van der Waals surface area contributed by atoms with Crippen molar-refractivity contribution in [2.45, 2.75) is 31.8 Å². The van der Waals surface area contributed by atoms with Crippen molar-refractivity contribution in [3.05, 3.63) is 42.0 Å². The van der Waals surface area contributed by atoms with Gasteiger partial charge in [-0.25, -0.2) is 4.98 Å². The predicted molar refractivity (Wildman–Crippen MR) is 93.6 cm³/mol. The Morgan fingerprint density at radius 1 is 1.24 bits per heavy atom. The Morgan fingerprint density at radius 3 is 2.68 bits per heavy atom. The third kappa shape index (κ3) is 2.84. The second-order valence-corrected chi connectivity index (χ2v) is 7.12. The molecule has 25 heavy (non-hydrogen) atoms. The summed E-state index contributed by atoms with van der Waals surface area (Å²) in [7, 11) is 1.82. The zero-order valence-electron chi connectivity index (χ0n) is 14.6. The van der Waals surface area contributed by atoms with Crippen molar-refractivity contribution < 1.29 is 9.18 Å². The van der Waals surface area contributed by atoms with Crippen LogP contribution < -0.4 is 5.32 Å². The Labute approximate surface area is 146 Å². The van der Waals surface area contributed by atoms with Crippen molar-refractivity contribution in [1.29, 1.82) is 0 Å². The summed E-state index contributed by atoms with van der Waals surface area (Å²) in [6.07, 6.45) is 2.31. The van der Waals surface area contributed by atoms with Crippen molar-refractivity contribution in [2.24, 2.45) is 13.0 Å². The number of hydrogen-bond acceptors (Lipinski definition) is 3. The van der Waals surface area contributed by atoms with Crippen LogP contribution in [0.25, 0.3) is 11.4 Å². The molecule has 6 heteroatoms. The molecule has 3 saturated heterocycles. The average molecular weight is 342 g/mol. The standard InChI is InChI=1S/C19H23FN4O/c1-12-18(13-8-10-24(12)11-9-13)22-19(25)16-7-6-15(23(16)2)14-4-3-5-17(20)21-14/h3-7,12-13,18H,8-11H2,1-2H3,(H,22,25)/t12-,18+/m1/s1. The molecule has 2 atom stereocenters. The highest BCUT2D eigenvalue weighted by atomic mass is 19.1. The van der Waals surface area contributed by atoms with Crippen molar-refractivity contribution in [3.63, 3.8) is 0 Å². The predicted octanol–water partition coefficient (Wildman–Crippen LogP) is 2.44. The van der Waals surface area contributed by atoms with Gasteiger partial charge in [-0.05, 0) is 63.0 Å². The third-order valence-electron chi connectivity index (χ3n) is 5.81. The number of carbonyl (C=O) groups excluding carboxylic acids is 1. The number of piperidine rings is 3. The summed E-state index contributed by atoms with van der Waals surface area (Å²) < 4.78 is 15.2. The normalized spacial score (nSPS) is 28.1. The lowest BCUT2D eigenvalue weighted by Crippen LogP contribution is -2.62. The van der Waals surface area contributed by atoms with Crippen LogP contribution in [-0.4, -0.2) is 45.5 Å². The molecular formula is C19H23FN4O. The molecule has 2 aromatic rings. The molecule has 5 heterocycles. The van der Waals surface area contributed by atoms with E-state index in [-0.39, 0.29) is 11.9 Å². The molecule has 0 aliphatic carbocycles. The zero-order valence-corrected chi connectivity index (χ0v) is 14.6. The zero-order chi connectivity index (χ0) is 17.6. The topological polar surface area (TPSA) is 50.2 Å². The van der Waals surface area contributed by atoms with Crippen molar-refractivity contribution in [1.82, 2.24) is 19.8 Å². The van der Waals surface area contributed by atoms with E-state index in [9.17, 15) is 9.18 Å². The van der Waals surface area contributed by atoms with Gasteiger partial charge in [0, 0.05) is 19.1 Å². The molecule has 5 nitrogen and oxygen atoms in total. The number of halogens is 1. The number of aromatic nitrogens is 2. The summed E-state index contributed by atoms with van der Waals surface area (Å²) in [5.41, 5.74) is 1.83. The molecule has 0 aromatic carbocycles. The Balaban J connectivity index is 1.55. The number of pyridine rings is 1. The molecule has 1 N–H and O–H groups in total. The van der Waals surface area contributed by atoms with E-state index in [0.29, 0.717) is 23.3 Å². The van der Waals surface area contributed by atoms with Gasteiger partial charge in [0.25, 0.3) is 5.91 Å². The number of rotatable bonds is 3. The van der Waals surface area contributed by atoms with E-state index >= 15 is 0 Å². The number of nitrogens with one attached hydrogen (secondary N) is 1. The number of amides is 1. The average Bonchev–Trinajstić information content (AvgIpc) is 3.00. The Hall–Kier alpha value is -2.21. The quantitative estimate of drug-likeness (QED) is 0.872. The van der Waals surface area contributed by atoms with Crippen LogP contribution in [0.1, 0.15) is 30.3 Å². The molecule has 0 spiro atoms. The lowest BCUT2D eigenvalue weighted by Gasteiger charge is -2.49. The van der Waals surface area contributed by atoms with E-state index < -0.39 is 5.95 Å². The Morgan fingerprint density at radius 2 is 2.00 bits per heavy atom. The highest BCUT2D eigenvalue weighted by Crippen LogP contribution is 2.32. The second kappa shape index (κ2) is 6.26. The summed E-state index contributed by atoms with van der Waals surface area (Å²) in [6, 6.07) is 8.85. The lowest BCUT2D eigenvalue weighted by atomic mass is 9.79. The summed E-state index contributed by atoms with van der Waals surface area (Å²) in [5, 5.41) is 3.24. The lowest BCUT2D eigenvalue weighted by molar-refractivity contribution is 0.0215. The van der Waals surface area contributed by atoms with Gasteiger partial charge in [0.05, 0.1) is 11.4 Å². The maximum Gasteiger partial charge on any atom is 0.268 e. The molecule has 0 saturated carbocycles. The third-order valence-corrected chi connectivity index (χ3v) is 5.81. The van der Waals surface area contributed by atoms with E-state index in [1.165, 1.54) is 6.07 Å². The molecule has 3 aliphatic rings. The van der Waals surface area contributed by atoms with Crippen molar-refractivity contribution in [3.8, 4) is 11.4 Å². The molecule has 3 fully saturated rings. The van der Waals surface area contributed by atoms with Crippen LogP contribution in [0.15, 0.2) is 30.3 Å². The molecule has 132 valence electrons. The van der Waals surface area contributed by atoms with Crippen LogP contribution in [0, 0.1) is 11.9 Å². The fourth-order valence-electron chi connectivity index (χ4n) is 4.32. The summed E-state index contributed by atoms with van der Waals surface area (Å²) in [4.78, 5) is 19.2. The molecule has 2 bridgehead atoms. The summed E-state index contributed by atoms with van der Waals surface area (Å²) in [6.45, 7) is 4.47. The first kappa shape index (κ1) is 16.3. The second-order valence-electron chi connectivity index (χ2n) is 7.12. The molecule has 1 amide bonds. The largest absolute Gasteiger partial charge is 0.346 e. The summed E-state index contributed by atoms with van der Waals surface area (Å²) >= 11 is 0. The van der Waals surface area contributed by atoms with Crippen molar-refractivity contribution >= 4 is 5.91 Å². The van der Waals surface area contributed by atoms with E-state index in [4.69, 9.17) is 0 Å². The van der Waals surface area contributed by atoms with Gasteiger partial charge < -0.3 is 9.88 Å². The van der Waals surface area contributed by atoms with Crippen molar-refractivity contribution in [2.75, 3.05) is 13.1 Å². The molecule has 0 radical (unpaired) electrons. The molecule has 0 unspecified atom stereocenters. The first-order chi connectivity index (χ1) is 12.0. The van der Waals surface area contributed by atoms with E-state index in [1.807, 2.05) is 13.1 Å². The highest BCUT2D eigenvalue weighted by molar-refractivity contribution is 5.94. The van der Waals surface area contributed by atoms with Gasteiger partial charge in [-0.15, -0.1) is 0 Å². The highest BCUT2D eigenvalue weighted by Gasteiger charge is 2.40. The Kier molecular flexibility index (Phi) is 4.07. The molecular weight excluding hydrogens is 319 g/mol. The van der Waals surface area contributed by atoms with Crippen LogP contribution in [0.3, 0.4) is 0 Å². The monoisotopic (exact) mass is 342 g/mol. The van der Waals surface area contributed by atoms with E-state index in [1.54, 1.807) is 22.8 Å². The van der Waals surface area contributed by atoms with Gasteiger partial charge in [0.15, 0.2) is 0 Å². The minimum absolute atomic E-state index is 0.0734. The van der Waals surface area contributed by atoms with Gasteiger partial charge in [-0.2, -0.15) is 4.39 Å². The minimum atomic E-state index is -0.522. The Bertz CT molecular complexity index is 792. The van der Waals surface area contributed by atoms with Crippen LogP contribution in [0.5, 0.6) is 0 Å². The first-order valence-corrected chi connectivity index (χ1v) is 8.88. The molecule has 3 aliphatic heterocycles. The number of hydrogen-bond donors (Lipinski definition) is 1. The van der Waals surface area contributed by atoms with Gasteiger partial charge >= 0.3 is 0 Å². The number of carbonyl (C=O) groups is 1. The SMILES string of the molecule is C[C@@H]1[C@H](NC(=O)c2ccc(-c3cccc(F)n3)n2C)C2CCN1CC2. The first-order valence-electron chi connectivity index (χ1n) is 8.88. The fourth-order valence-corrected chi connectivity index (χ4v) is 4.32. The molecule has 2 aromatic heterocycles. The summed E-state index contributed by atoms with van der Waals surface area (Å²) in [5.74, 6) is -0.0323. The number of fused-ring (bicyclic) bond motifs is 3. The van der Waals surface area contributed by atoms with Crippen LogP contribution >= 0.6 is 0 Å². The van der Waals surface area contributed by atoms with E-state index in [2.05, 4.69) is 22.1 Å².